The topological polar surface area (TPSA) is 127 Å². The van der Waals surface area contributed by atoms with E-state index in [0.717, 1.165) is 11.0 Å². The van der Waals surface area contributed by atoms with E-state index in [1.54, 1.807) is 13.0 Å². The molecule has 162 valence electrons. The standard InChI is InChI=1S/C20H18FN3O5S2/c1-12-6-7-14(31(22,28)29)11-15(12)18(25)23-8-9-24-19(26)17(30-20(24)27)10-13-4-2-3-5-16(13)21/h2-7,10-11H,8-9H2,1H3,(H,23,25)(H2,22,28,29)/b17-10-. The Morgan fingerprint density at radius 2 is 1.94 bits per heavy atom. The molecule has 0 aromatic heterocycles. The fourth-order valence-electron chi connectivity index (χ4n) is 2.83. The summed E-state index contributed by atoms with van der Waals surface area (Å²) in [5.74, 6) is -1.67. The first kappa shape index (κ1) is 22.7. The predicted molar refractivity (Wildman–Crippen MR) is 114 cm³/mol. The van der Waals surface area contributed by atoms with Gasteiger partial charge in [-0.15, -0.1) is 0 Å². The SMILES string of the molecule is Cc1ccc(S(N)(=O)=O)cc1C(=O)NCCN1C(=O)S/C(=C\c2ccccc2F)C1=O. The molecule has 1 fully saturated rings. The highest BCUT2D eigenvalue weighted by atomic mass is 32.2. The van der Waals surface area contributed by atoms with Crippen LogP contribution in [0.25, 0.3) is 6.08 Å². The Kier molecular flexibility index (Phi) is 6.58. The number of nitrogens with one attached hydrogen (secondary N) is 1. The number of imide groups is 1. The molecule has 0 aliphatic carbocycles. The number of carbonyl (C=O) groups excluding carboxylic acids is 3. The van der Waals surface area contributed by atoms with Gasteiger partial charge in [-0.2, -0.15) is 0 Å². The molecule has 3 amide bonds. The molecular weight excluding hydrogens is 445 g/mol. The van der Waals surface area contributed by atoms with E-state index in [0.29, 0.717) is 17.3 Å². The van der Waals surface area contributed by atoms with Gasteiger partial charge >= 0.3 is 0 Å². The van der Waals surface area contributed by atoms with Gasteiger partial charge in [0, 0.05) is 24.2 Å². The molecule has 11 heteroatoms. The lowest BCUT2D eigenvalue weighted by Gasteiger charge is -2.14. The van der Waals surface area contributed by atoms with Crippen LogP contribution in [0.3, 0.4) is 0 Å². The maximum atomic E-state index is 13.8. The number of sulfonamides is 1. The van der Waals surface area contributed by atoms with Crippen LogP contribution >= 0.6 is 11.8 Å². The Morgan fingerprint density at radius 3 is 2.61 bits per heavy atom. The zero-order valence-electron chi connectivity index (χ0n) is 16.3. The van der Waals surface area contributed by atoms with Gasteiger partial charge in [0.2, 0.25) is 10.0 Å². The van der Waals surface area contributed by atoms with Crippen LogP contribution in [0.15, 0.2) is 52.3 Å². The van der Waals surface area contributed by atoms with Crippen molar-refractivity contribution in [1.29, 1.82) is 0 Å². The van der Waals surface area contributed by atoms with Crippen LogP contribution in [-0.2, 0) is 14.8 Å². The molecule has 0 unspecified atom stereocenters. The number of hydrogen-bond acceptors (Lipinski definition) is 6. The molecule has 3 N–H and O–H groups in total. The highest BCUT2D eigenvalue weighted by molar-refractivity contribution is 8.18. The second-order valence-corrected chi connectivity index (χ2v) is 9.19. The minimum Gasteiger partial charge on any atom is -0.350 e. The number of nitrogens with zero attached hydrogens (tertiary/aromatic N) is 1. The Balaban J connectivity index is 1.66. The second-order valence-electron chi connectivity index (χ2n) is 6.63. The summed E-state index contributed by atoms with van der Waals surface area (Å²) < 4.78 is 36.8. The van der Waals surface area contributed by atoms with Gasteiger partial charge in [-0.1, -0.05) is 24.3 Å². The van der Waals surface area contributed by atoms with E-state index in [4.69, 9.17) is 5.14 Å². The molecule has 2 aromatic rings. The molecule has 0 saturated carbocycles. The summed E-state index contributed by atoms with van der Waals surface area (Å²) in [6.45, 7) is 1.48. The molecule has 0 radical (unpaired) electrons. The smallest absolute Gasteiger partial charge is 0.293 e. The first-order chi connectivity index (χ1) is 14.6. The van der Waals surface area contributed by atoms with Crippen molar-refractivity contribution in [1.82, 2.24) is 10.2 Å². The Hall–Kier alpha value is -3.02. The van der Waals surface area contributed by atoms with E-state index in [-0.39, 0.29) is 34.0 Å². The summed E-state index contributed by atoms with van der Waals surface area (Å²) in [6, 6.07) is 9.78. The average molecular weight is 464 g/mol. The molecule has 1 aliphatic rings. The molecule has 8 nitrogen and oxygen atoms in total. The third kappa shape index (κ3) is 5.19. The van der Waals surface area contributed by atoms with Gasteiger partial charge in [0.1, 0.15) is 5.82 Å². The van der Waals surface area contributed by atoms with Crippen LogP contribution in [0, 0.1) is 12.7 Å². The van der Waals surface area contributed by atoms with Gasteiger partial charge in [0.15, 0.2) is 0 Å². The number of halogens is 1. The number of rotatable bonds is 6. The maximum Gasteiger partial charge on any atom is 0.293 e. The van der Waals surface area contributed by atoms with Gasteiger partial charge < -0.3 is 5.32 Å². The third-order valence-electron chi connectivity index (χ3n) is 4.47. The minimum atomic E-state index is -3.97. The van der Waals surface area contributed by atoms with Crippen LogP contribution in [0.2, 0.25) is 0 Å². The van der Waals surface area contributed by atoms with E-state index in [9.17, 15) is 27.2 Å². The number of hydrogen-bond donors (Lipinski definition) is 2. The zero-order chi connectivity index (χ0) is 22.8. The van der Waals surface area contributed by atoms with Gasteiger partial charge in [0.25, 0.3) is 17.1 Å². The lowest BCUT2D eigenvalue weighted by molar-refractivity contribution is -0.122. The minimum absolute atomic E-state index is 0.0527. The van der Waals surface area contributed by atoms with Gasteiger partial charge in [-0.3, -0.25) is 19.3 Å². The molecular formula is C20H18FN3O5S2. The number of nitrogens with two attached hydrogens (primary N) is 1. The van der Waals surface area contributed by atoms with Crippen LogP contribution in [0.5, 0.6) is 0 Å². The summed E-state index contributed by atoms with van der Waals surface area (Å²) >= 11 is 0.686. The van der Waals surface area contributed by atoms with Crippen LogP contribution in [-0.4, -0.2) is 43.5 Å². The average Bonchev–Trinajstić information content (AvgIpc) is 2.96. The third-order valence-corrected chi connectivity index (χ3v) is 6.29. The molecule has 0 spiro atoms. The second kappa shape index (κ2) is 9.00. The number of primary sulfonamides is 1. The Labute approximate surface area is 182 Å². The summed E-state index contributed by atoms with van der Waals surface area (Å²) in [5.41, 5.74) is 0.829. The van der Waals surface area contributed by atoms with E-state index in [1.165, 1.54) is 36.4 Å². The monoisotopic (exact) mass is 463 g/mol. The van der Waals surface area contributed by atoms with Crippen molar-refractivity contribution in [2.75, 3.05) is 13.1 Å². The van der Waals surface area contributed by atoms with Crippen molar-refractivity contribution in [3.63, 3.8) is 0 Å². The number of aryl methyl sites for hydroxylation is 1. The van der Waals surface area contributed by atoms with Crippen molar-refractivity contribution in [2.24, 2.45) is 5.14 Å². The quantitative estimate of drug-likeness (QED) is 0.633. The molecule has 0 bridgehead atoms. The lowest BCUT2D eigenvalue weighted by Crippen LogP contribution is -2.37. The summed E-state index contributed by atoms with van der Waals surface area (Å²) in [7, 11) is -3.97. The Bertz CT molecular complexity index is 1210. The number of benzene rings is 2. The van der Waals surface area contributed by atoms with Gasteiger partial charge in [-0.05, 0) is 48.5 Å². The van der Waals surface area contributed by atoms with Crippen molar-refractivity contribution >= 4 is 44.9 Å². The van der Waals surface area contributed by atoms with E-state index in [2.05, 4.69) is 5.32 Å². The van der Waals surface area contributed by atoms with Crippen LogP contribution < -0.4 is 10.5 Å². The van der Waals surface area contributed by atoms with E-state index in [1.807, 2.05) is 0 Å². The summed E-state index contributed by atoms with van der Waals surface area (Å²) in [5, 5.41) is 7.11. The fourth-order valence-corrected chi connectivity index (χ4v) is 4.22. The van der Waals surface area contributed by atoms with E-state index < -0.39 is 32.9 Å². The molecule has 1 aliphatic heterocycles. The molecule has 1 heterocycles. The van der Waals surface area contributed by atoms with E-state index >= 15 is 0 Å². The van der Waals surface area contributed by atoms with Gasteiger partial charge in [-0.25, -0.2) is 17.9 Å². The molecule has 3 rings (SSSR count). The van der Waals surface area contributed by atoms with Crippen molar-refractivity contribution in [3.05, 3.63) is 69.9 Å². The molecule has 0 atom stereocenters. The molecule has 31 heavy (non-hydrogen) atoms. The normalized spacial score (nSPS) is 15.6. The predicted octanol–water partition coefficient (Wildman–Crippen LogP) is 2.25. The number of thioether (sulfide) groups is 1. The highest BCUT2D eigenvalue weighted by Crippen LogP contribution is 2.32. The van der Waals surface area contributed by atoms with Crippen LogP contribution in [0.4, 0.5) is 9.18 Å². The largest absolute Gasteiger partial charge is 0.350 e. The first-order valence-electron chi connectivity index (χ1n) is 8.99. The summed E-state index contributed by atoms with van der Waals surface area (Å²) in [6.07, 6.45) is 1.31. The highest BCUT2D eigenvalue weighted by Gasteiger charge is 2.34. The van der Waals surface area contributed by atoms with Crippen molar-refractivity contribution < 1.29 is 27.2 Å². The molecule has 1 saturated heterocycles. The fraction of sp³-hybridized carbons (Fsp3) is 0.150. The Morgan fingerprint density at radius 1 is 1.23 bits per heavy atom. The maximum absolute atomic E-state index is 13.8. The van der Waals surface area contributed by atoms with Crippen LogP contribution in [0.1, 0.15) is 21.5 Å². The first-order valence-corrected chi connectivity index (χ1v) is 11.4. The number of amides is 3. The number of carbonyl (C=O) groups is 3. The molecule has 2 aromatic carbocycles. The van der Waals surface area contributed by atoms with Gasteiger partial charge in [0.05, 0.1) is 9.80 Å². The van der Waals surface area contributed by atoms with Crippen molar-refractivity contribution in [2.45, 2.75) is 11.8 Å². The zero-order valence-corrected chi connectivity index (χ0v) is 17.9. The van der Waals surface area contributed by atoms with Crippen molar-refractivity contribution in [3.8, 4) is 0 Å². The summed E-state index contributed by atoms with van der Waals surface area (Å²) in [4.78, 5) is 37.9. The lowest BCUT2D eigenvalue weighted by atomic mass is 10.1.